The lowest BCUT2D eigenvalue weighted by molar-refractivity contribution is 0.0941. The van der Waals surface area contributed by atoms with Gasteiger partial charge in [0.15, 0.2) is 0 Å². The summed E-state index contributed by atoms with van der Waals surface area (Å²) in [6.07, 6.45) is 1.61. The minimum Gasteiger partial charge on any atom is -0.321 e. The predicted molar refractivity (Wildman–Crippen MR) is 96.8 cm³/mol. The number of amides is 1. The summed E-state index contributed by atoms with van der Waals surface area (Å²) in [4.78, 5) is 24.6. The maximum Gasteiger partial charge on any atom is 0.257 e. The Bertz CT molecular complexity index is 944. The smallest absolute Gasteiger partial charge is 0.257 e. The zero-order chi connectivity index (χ0) is 17.4. The Kier molecular flexibility index (Phi) is 3.97. The van der Waals surface area contributed by atoms with Gasteiger partial charge in [0.05, 0.1) is 11.1 Å². The fraction of sp³-hybridized carbons (Fsp3) is 0.200. The van der Waals surface area contributed by atoms with Crippen LogP contribution < -0.4 is 5.32 Å². The van der Waals surface area contributed by atoms with E-state index in [1.165, 1.54) is 11.5 Å². The number of benzene rings is 2. The summed E-state index contributed by atoms with van der Waals surface area (Å²) in [5.74, 6) is -0.325. The van der Waals surface area contributed by atoms with Crippen LogP contribution in [0.3, 0.4) is 0 Å². The molecule has 24 heavy (non-hydrogen) atoms. The number of nitrogens with one attached hydrogen (secondary N) is 1. The summed E-state index contributed by atoms with van der Waals surface area (Å²) in [7, 11) is 0. The van der Waals surface area contributed by atoms with E-state index in [1.807, 2.05) is 57.2 Å². The lowest BCUT2D eigenvalue weighted by atomic mass is 10.0. The Hall–Kier alpha value is -2.88. The normalized spacial score (nSPS) is 10.8. The molecule has 0 unspecified atom stereocenters. The van der Waals surface area contributed by atoms with E-state index in [9.17, 15) is 9.59 Å². The van der Waals surface area contributed by atoms with Gasteiger partial charge in [0, 0.05) is 24.2 Å². The molecule has 0 fully saturated rings. The van der Waals surface area contributed by atoms with E-state index in [1.54, 1.807) is 6.20 Å². The van der Waals surface area contributed by atoms with E-state index in [4.69, 9.17) is 0 Å². The van der Waals surface area contributed by atoms with Gasteiger partial charge in [-0.1, -0.05) is 35.9 Å². The van der Waals surface area contributed by atoms with Crippen LogP contribution in [0.25, 0.3) is 10.9 Å². The predicted octanol–water partition coefficient (Wildman–Crippen LogP) is 4.48. The van der Waals surface area contributed by atoms with Gasteiger partial charge in [-0.15, -0.1) is 0 Å². The molecule has 1 heterocycles. The highest BCUT2D eigenvalue weighted by Crippen LogP contribution is 2.26. The Balaban J connectivity index is 2.06. The van der Waals surface area contributed by atoms with Crippen molar-refractivity contribution >= 4 is 28.4 Å². The molecule has 1 N–H and O–H groups in total. The zero-order valence-electron chi connectivity index (χ0n) is 14.3. The highest BCUT2D eigenvalue weighted by molar-refractivity contribution is 6.14. The van der Waals surface area contributed by atoms with Gasteiger partial charge in [0.25, 0.3) is 5.91 Å². The molecule has 4 nitrogen and oxygen atoms in total. The Morgan fingerprint density at radius 2 is 1.62 bits per heavy atom. The monoisotopic (exact) mass is 320 g/mol. The molecule has 0 aliphatic rings. The summed E-state index contributed by atoms with van der Waals surface area (Å²) >= 11 is 0. The third-order valence-electron chi connectivity index (χ3n) is 4.21. The van der Waals surface area contributed by atoms with Gasteiger partial charge in [-0.3, -0.25) is 14.2 Å². The van der Waals surface area contributed by atoms with E-state index < -0.39 is 0 Å². The van der Waals surface area contributed by atoms with Crippen molar-refractivity contribution in [3.8, 4) is 0 Å². The molecule has 3 aromatic rings. The first-order valence-electron chi connectivity index (χ1n) is 7.88. The van der Waals surface area contributed by atoms with Crippen LogP contribution in [0.2, 0.25) is 0 Å². The molecule has 0 atom stereocenters. The number of aryl methyl sites for hydroxylation is 3. The summed E-state index contributed by atoms with van der Waals surface area (Å²) in [5.41, 5.74) is 5.28. The van der Waals surface area contributed by atoms with Crippen LogP contribution in [0.1, 0.15) is 38.8 Å². The maximum atomic E-state index is 12.8. The van der Waals surface area contributed by atoms with Crippen molar-refractivity contribution in [3.63, 3.8) is 0 Å². The molecular formula is C20H20N2O2. The second-order valence-corrected chi connectivity index (χ2v) is 6.18. The van der Waals surface area contributed by atoms with Gasteiger partial charge in [-0.25, -0.2) is 0 Å². The number of hydrogen-bond acceptors (Lipinski definition) is 2. The second-order valence-electron chi connectivity index (χ2n) is 6.18. The molecule has 0 saturated heterocycles. The van der Waals surface area contributed by atoms with Gasteiger partial charge in [0.1, 0.15) is 0 Å². The number of hydrogen-bond donors (Lipinski definition) is 1. The number of aromatic nitrogens is 1. The third-order valence-corrected chi connectivity index (χ3v) is 4.21. The van der Waals surface area contributed by atoms with E-state index in [-0.39, 0.29) is 11.8 Å². The highest BCUT2D eigenvalue weighted by atomic mass is 16.2. The van der Waals surface area contributed by atoms with Crippen LogP contribution in [-0.4, -0.2) is 16.4 Å². The number of nitrogens with zero attached hydrogens (tertiary/aromatic N) is 1. The summed E-state index contributed by atoms with van der Waals surface area (Å²) in [5, 5.41) is 3.77. The van der Waals surface area contributed by atoms with Crippen molar-refractivity contribution < 1.29 is 9.59 Å². The topological polar surface area (TPSA) is 51.1 Å². The Labute approximate surface area is 141 Å². The van der Waals surface area contributed by atoms with Gasteiger partial charge in [-0.2, -0.15) is 0 Å². The average molecular weight is 320 g/mol. The van der Waals surface area contributed by atoms with Crippen LogP contribution in [0.5, 0.6) is 0 Å². The van der Waals surface area contributed by atoms with Crippen LogP contribution in [0.15, 0.2) is 42.6 Å². The fourth-order valence-electron chi connectivity index (χ4n) is 3.18. The molecule has 3 rings (SSSR count). The third kappa shape index (κ3) is 2.71. The molecule has 2 aromatic carbocycles. The van der Waals surface area contributed by atoms with Crippen LogP contribution in [-0.2, 0) is 0 Å². The first-order chi connectivity index (χ1) is 11.4. The molecule has 0 spiro atoms. The zero-order valence-corrected chi connectivity index (χ0v) is 14.3. The second kappa shape index (κ2) is 5.96. The quantitative estimate of drug-likeness (QED) is 0.757. The summed E-state index contributed by atoms with van der Waals surface area (Å²) in [6, 6.07) is 11.5. The fourth-order valence-corrected chi connectivity index (χ4v) is 3.18. The van der Waals surface area contributed by atoms with E-state index in [2.05, 4.69) is 5.32 Å². The van der Waals surface area contributed by atoms with Crippen LogP contribution in [0, 0.1) is 20.8 Å². The maximum absolute atomic E-state index is 12.8. The van der Waals surface area contributed by atoms with Gasteiger partial charge in [-0.05, 0) is 38.0 Å². The van der Waals surface area contributed by atoms with Crippen molar-refractivity contribution in [1.82, 2.24) is 4.57 Å². The number of carbonyl (C=O) groups is 2. The first-order valence-corrected chi connectivity index (χ1v) is 7.88. The summed E-state index contributed by atoms with van der Waals surface area (Å²) < 4.78 is 1.51. The lowest BCUT2D eigenvalue weighted by Crippen LogP contribution is -2.14. The van der Waals surface area contributed by atoms with Crippen LogP contribution >= 0.6 is 0 Å². The SMILES string of the molecule is CC(=O)n1cc(C(=O)Nc2c(C)cc(C)cc2C)c2ccccc21. The van der Waals surface area contributed by atoms with Crippen molar-refractivity contribution in [2.45, 2.75) is 27.7 Å². The molecular weight excluding hydrogens is 300 g/mol. The summed E-state index contributed by atoms with van der Waals surface area (Å²) in [6.45, 7) is 7.48. The number of rotatable bonds is 2. The van der Waals surface area contributed by atoms with Crippen LogP contribution in [0.4, 0.5) is 5.69 Å². The van der Waals surface area contributed by atoms with E-state index in [0.29, 0.717) is 5.56 Å². The first kappa shape index (κ1) is 16.0. The Morgan fingerprint density at radius 1 is 1.00 bits per heavy atom. The highest BCUT2D eigenvalue weighted by Gasteiger charge is 2.18. The van der Waals surface area contributed by atoms with Crippen molar-refractivity contribution in [1.29, 1.82) is 0 Å². The Morgan fingerprint density at radius 3 is 2.25 bits per heavy atom. The van der Waals surface area contributed by atoms with Gasteiger partial charge < -0.3 is 5.32 Å². The van der Waals surface area contributed by atoms with Gasteiger partial charge >= 0.3 is 0 Å². The molecule has 1 amide bonds. The van der Waals surface area contributed by atoms with Crippen molar-refractivity contribution in [2.75, 3.05) is 5.32 Å². The van der Waals surface area contributed by atoms with Gasteiger partial charge in [0.2, 0.25) is 5.91 Å². The molecule has 0 radical (unpaired) electrons. The number of fused-ring (bicyclic) bond motifs is 1. The van der Waals surface area contributed by atoms with E-state index >= 15 is 0 Å². The molecule has 1 aromatic heterocycles. The number of carbonyl (C=O) groups excluding carboxylic acids is 2. The molecule has 122 valence electrons. The lowest BCUT2D eigenvalue weighted by Gasteiger charge is -2.12. The molecule has 0 bridgehead atoms. The minimum absolute atomic E-state index is 0.118. The molecule has 0 aliphatic heterocycles. The van der Waals surface area contributed by atoms with E-state index in [0.717, 1.165) is 33.3 Å². The minimum atomic E-state index is -0.207. The van der Waals surface area contributed by atoms with Crippen molar-refractivity contribution in [3.05, 3.63) is 64.8 Å². The molecule has 0 saturated carbocycles. The van der Waals surface area contributed by atoms with Crippen molar-refractivity contribution in [2.24, 2.45) is 0 Å². The molecule has 4 heteroatoms. The number of para-hydroxylation sites is 1. The standard InChI is InChI=1S/C20H20N2O2/c1-12-9-13(2)19(14(3)10-12)21-20(24)17-11-22(15(4)23)18-8-6-5-7-16(17)18/h5-11H,1-4H3,(H,21,24). The molecule has 0 aliphatic carbocycles. The average Bonchev–Trinajstić information content (AvgIpc) is 2.90. The number of anilines is 1. The largest absolute Gasteiger partial charge is 0.321 e.